The number of aromatic nitrogens is 1. The van der Waals surface area contributed by atoms with Crippen LogP contribution in [0.1, 0.15) is 18.5 Å². The second-order valence-corrected chi connectivity index (χ2v) is 7.19. The highest BCUT2D eigenvalue weighted by atomic mass is 32.1. The molecule has 0 bridgehead atoms. The number of hydrogen-bond acceptors (Lipinski definition) is 5. The summed E-state index contributed by atoms with van der Waals surface area (Å²) in [6, 6.07) is 0. The molecule has 1 aromatic heterocycles. The molecule has 2 aliphatic rings. The number of rotatable bonds is 4. The van der Waals surface area contributed by atoms with Gasteiger partial charge in [-0.15, -0.1) is 0 Å². The molecule has 3 rings (SSSR count). The number of thiazole rings is 1. The fraction of sp³-hybridized carbons (Fsp3) is 0.750. The first kappa shape index (κ1) is 16.7. The van der Waals surface area contributed by atoms with E-state index in [1.165, 1.54) is 11.3 Å². The second kappa shape index (κ2) is 7.59. The smallest absolute Gasteiger partial charge is 0.307 e. The molecule has 0 radical (unpaired) electrons. The lowest BCUT2D eigenvalue weighted by molar-refractivity contribution is -0.141. The van der Waals surface area contributed by atoms with Crippen molar-refractivity contribution in [2.75, 3.05) is 45.9 Å². The van der Waals surface area contributed by atoms with Gasteiger partial charge in [0.1, 0.15) is 0 Å². The van der Waals surface area contributed by atoms with E-state index >= 15 is 0 Å². The Morgan fingerprint density at radius 1 is 1.30 bits per heavy atom. The summed E-state index contributed by atoms with van der Waals surface area (Å²) in [7, 11) is 0. The first-order chi connectivity index (χ1) is 11.1. The number of carbonyl (C=O) groups is 1. The zero-order valence-electron chi connectivity index (χ0n) is 13.7. The van der Waals surface area contributed by atoms with Gasteiger partial charge in [-0.05, 0) is 26.3 Å². The number of hydrogen-bond donors (Lipinski definition) is 0. The number of carbonyl (C=O) groups excluding carboxylic acids is 1. The van der Waals surface area contributed by atoms with Crippen molar-refractivity contribution in [1.29, 1.82) is 0 Å². The molecule has 128 valence electrons. The van der Waals surface area contributed by atoms with Gasteiger partial charge in [-0.2, -0.15) is 0 Å². The molecule has 23 heavy (non-hydrogen) atoms. The Bertz CT molecular complexity index is 592. The van der Waals surface area contributed by atoms with Crippen molar-refractivity contribution in [3.8, 4) is 0 Å². The Kier molecular flexibility index (Phi) is 5.50. The lowest BCUT2D eigenvalue weighted by atomic mass is 9.96. The van der Waals surface area contributed by atoms with Gasteiger partial charge in [0.05, 0.1) is 19.1 Å². The molecule has 1 atom stereocenters. The molecule has 3 heterocycles. The summed E-state index contributed by atoms with van der Waals surface area (Å²) in [4.78, 5) is 28.8. The third-order valence-electron chi connectivity index (χ3n) is 4.79. The molecule has 0 spiro atoms. The number of aryl methyl sites for hydroxylation is 1. The molecule has 0 N–H and O–H groups in total. The lowest BCUT2D eigenvalue weighted by Crippen LogP contribution is -2.48. The van der Waals surface area contributed by atoms with Crippen LogP contribution >= 0.6 is 11.3 Å². The van der Waals surface area contributed by atoms with E-state index in [4.69, 9.17) is 4.74 Å². The molecule has 0 aliphatic carbocycles. The third kappa shape index (κ3) is 4.02. The molecular formula is C16H25N3O3S. The van der Waals surface area contributed by atoms with Crippen LogP contribution in [0.3, 0.4) is 0 Å². The van der Waals surface area contributed by atoms with Crippen molar-refractivity contribution >= 4 is 17.2 Å². The number of piperidine rings is 1. The minimum Gasteiger partial charge on any atom is -0.378 e. The molecule has 6 nitrogen and oxygen atoms in total. The summed E-state index contributed by atoms with van der Waals surface area (Å²) in [5, 5.41) is 1.91. The SMILES string of the molecule is Cc1csc(=O)n1CCN1CCC[C@@H](C(=O)N2CCOCC2)C1. The predicted octanol–water partition coefficient (Wildman–Crippen LogP) is 0.789. The maximum Gasteiger partial charge on any atom is 0.307 e. The van der Waals surface area contributed by atoms with Crippen molar-refractivity contribution in [3.63, 3.8) is 0 Å². The van der Waals surface area contributed by atoms with E-state index in [-0.39, 0.29) is 16.7 Å². The van der Waals surface area contributed by atoms with Gasteiger partial charge in [0.15, 0.2) is 0 Å². The Balaban J connectivity index is 1.53. The van der Waals surface area contributed by atoms with E-state index in [0.29, 0.717) is 19.8 Å². The molecule has 1 aromatic rings. The quantitative estimate of drug-likeness (QED) is 0.814. The maximum absolute atomic E-state index is 12.6. The summed E-state index contributed by atoms with van der Waals surface area (Å²) in [6.45, 7) is 8.11. The summed E-state index contributed by atoms with van der Waals surface area (Å²) in [5.41, 5.74) is 1.03. The first-order valence-electron chi connectivity index (χ1n) is 8.39. The Morgan fingerprint density at radius 2 is 2.09 bits per heavy atom. The topological polar surface area (TPSA) is 54.8 Å². The molecule has 1 amide bonds. The van der Waals surface area contributed by atoms with Crippen molar-refractivity contribution in [2.45, 2.75) is 26.3 Å². The van der Waals surface area contributed by atoms with Gasteiger partial charge >= 0.3 is 4.87 Å². The van der Waals surface area contributed by atoms with Crippen LogP contribution in [-0.4, -0.2) is 66.2 Å². The summed E-state index contributed by atoms with van der Waals surface area (Å²) in [5.74, 6) is 0.379. The number of likely N-dealkylation sites (tertiary alicyclic amines) is 1. The molecular weight excluding hydrogens is 314 g/mol. The van der Waals surface area contributed by atoms with Crippen LogP contribution in [0, 0.1) is 12.8 Å². The molecule has 0 aromatic carbocycles. The monoisotopic (exact) mass is 339 g/mol. The van der Waals surface area contributed by atoms with Gasteiger partial charge in [0.25, 0.3) is 0 Å². The molecule has 2 aliphatic heterocycles. The molecule has 0 saturated carbocycles. The highest BCUT2D eigenvalue weighted by Crippen LogP contribution is 2.19. The summed E-state index contributed by atoms with van der Waals surface area (Å²) < 4.78 is 7.16. The standard InChI is InChI=1S/C16H25N3O3S/c1-13-12-23-16(21)19(13)6-5-17-4-2-3-14(11-17)15(20)18-7-9-22-10-8-18/h12,14H,2-11H2,1H3/t14-/m1/s1. The maximum atomic E-state index is 12.6. The number of nitrogens with zero attached hydrogens (tertiary/aromatic N) is 3. The third-order valence-corrected chi connectivity index (χ3v) is 5.67. The highest BCUT2D eigenvalue weighted by molar-refractivity contribution is 7.07. The van der Waals surface area contributed by atoms with Crippen LogP contribution < -0.4 is 4.87 Å². The van der Waals surface area contributed by atoms with E-state index in [1.807, 2.05) is 21.8 Å². The Hall–Kier alpha value is -1.18. The molecule has 2 saturated heterocycles. The van der Waals surface area contributed by atoms with E-state index in [1.54, 1.807) is 0 Å². The van der Waals surface area contributed by atoms with E-state index in [0.717, 1.165) is 51.3 Å². The van der Waals surface area contributed by atoms with E-state index < -0.39 is 0 Å². The van der Waals surface area contributed by atoms with Gasteiger partial charge < -0.3 is 19.1 Å². The van der Waals surface area contributed by atoms with Gasteiger partial charge in [-0.25, -0.2) is 0 Å². The largest absolute Gasteiger partial charge is 0.378 e. The Morgan fingerprint density at radius 3 is 2.78 bits per heavy atom. The molecule has 0 unspecified atom stereocenters. The van der Waals surface area contributed by atoms with E-state index in [9.17, 15) is 9.59 Å². The van der Waals surface area contributed by atoms with Gasteiger partial charge in [-0.1, -0.05) is 11.3 Å². The lowest BCUT2D eigenvalue weighted by Gasteiger charge is -2.36. The average molecular weight is 339 g/mol. The van der Waals surface area contributed by atoms with Crippen LogP contribution in [0.25, 0.3) is 0 Å². The highest BCUT2D eigenvalue weighted by Gasteiger charge is 2.29. The van der Waals surface area contributed by atoms with Crippen LogP contribution in [0.4, 0.5) is 0 Å². The molecule has 7 heteroatoms. The van der Waals surface area contributed by atoms with Crippen LogP contribution in [-0.2, 0) is 16.1 Å². The minimum absolute atomic E-state index is 0.0992. The van der Waals surface area contributed by atoms with Gasteiger partial charge in [0, 0.05) is 43.8 Å². The fourth-order valence-electron chi connectivity index (χ4n) is 3.42. The number of amides is 1. The first-order valence-corrected chi connectivity index (χ1v) is 9.27. The summed E-state index contributed by atoms with van der Waals surface area (Å²) in [6.07, 6.45) is 2.03. The van der Waals surface area contributed by atoms with Crippen LogP contribution in [0.5, 0.6) is 0 Å². The summed E-state index contributed by atoms with van der Waals surface area (Å²) >= 11 is 1.26. The van der Waals surface area contributed by atoms with Crippen molar-refractivity contribution in [3.05, 3.63) is 20.7 Å². The average Bonchev–Trinajstić information content (AvgIpc) is 2.91. The van der Waals surface area contributed by atoms with Crippen molar-refractivity contribution < 1.29 is 9.53 Å². The molecule has 2 fully saturated rings. The minimum atomic E-state index is 0.0992. The van der Waals surface area contributed by atoms with Crippen LogP contribution in [0.15, 0.2) is 10.2 Å². The normalized spacial score (nSPS) is 23.2. The van der Waals surface area contributed by atoms with Crippen molar-refractivity contribution in [2.24, 2.45) is 5.92 Å². The second-order valence-electron chi connectivity index (χ2n) is 6.37. The predicted molar refractivity (Wildman–Crippen MR) is 89.9 cm³/mol. The Labute approximate surface area is 140 Å². The fourth-order valence-corrected chi connectivity index (χ4v) is 4.18. The van der Waals surface area contributed by atoms with Crippen molar-refractivity contribution in [1.82, 2.24) is 14.4 Å². The van der Waals surface area contributed by atoms with E-state index in [2.05, 4.69) is 4.90 Å². The number of morpholine rings is 1. The zero-order valence-corrected chi connectivity index (χ0v) is 14.5. The van der Waals surface area contributed by atoms with Gasteiger partial charge in [0.2, 0.25) is 5.91 Å². The van der Waals surface area contributed by atoms with Gasteiger partial charge in [-0.3, -0.25) is 9.59 Å². The number of ether oxygens (including phenoxy) is 1. The van der Waals surface area contributed by atoms with Crippen LogP contribution in [0.2, 0.25) is 0 Å². The zero-order chi connectivity index (χ0) is 16.2.